The van der Waals surface area contributed by atoms with Crippen LogP contribution in [0.25, 0.3) is 20.1 Å². The summed E-state index contributed by atoms with van der Waals surface area (Å²) in [5.74, 6) is -1.85. The zero-order valence-electron chi connectivity index (χ0n) is 14.4. The van der Waals surface area contributed by atoms with E-state index < -0.39 is 37.2 Å². The van der Waals surface area contributed by atoms with E-state index in [0.29, 0.717) is 0 Å². The number of carbonyl (C=O) groups is 3. The number of rotatable bonds is 5. The van der Waals surface area contributed by atoms with Crippen molar-refractivity contribution in [2.75, 3.05) is 13.2 Å². The molecule has 0 bridgehead atoms. The van der Waals surface area contributed by atoms with Gasteiger partial charge in [-0.15, -0.1) is 22.7 Å². The van der Waals surface area contributed by atoms with Gasteiger partial charge in [-0.25, -0.2) is 14.6 Å². The van der Waals surface area contributed by atoms with Crippen LogP contribution in [-0.2, 0) is 9.53 Å². The summed E-state index contributed by atoms with van der Waals surface area (Å²) in [6, 6.07) is 9.46. The summed E-state index contributed by atoms with van der Waals surface area (Å²) < 4.78 is 41.7. The first kappa shape index (κ1) is 20.7. The van der Waals surface area contributed by atoms with E-state index in [9.17, 15) is 27.6 Å². The molecule has 0 atom stereocenters. The quantitative estimate of drug-likeness (QED) is 0.588. The van der Waals surface area contributed by atoms with Gasteiger partial charge in [0.05, 0.1) is 15.1 Å². The Labute approximate surface area is 169 Å². The highest BCUT2D eigenvalue weighted by atomic mass is 32.1. The number of ether oxygens (including phenoxy) is 1. The van der Waals surface area contributed by atoms with Crippen LogP contribution in [0.4, 0.5) is 18.0 Å². The number of thiazole rings is 1. The Morgan fingerprint density at radius 3 is 2.55 bits per heavy atom. The molecule has 0 aliphatic rings. The molecule has 2 aromatic heterocycles. The average Bonchev–Trinajstić information content (AvgIpc) is 3.30. The number of halogens is 3. The van der Waals surface area contributed by atoms with Crippen molar-refractivity contribution in [3.63, 3.8) is 0 Å². The van der Waals surface area contributed by atoms with Gasteiger partial charge in [-0.1, -0.05) is 12.1 Å². The van der Waals surface area contributed by atoms with Gasteiger partial charge in [-0.05, 0) is 24.3 Å². The Hall–Kier alpha value is -2.99. The van der Waals surface area contributed by atoms with E-state index in [1.165, 1.54) is 22.7 Å². The second kappa shape index (κ2) is 8.57. The number of carbonyl (C=O) groups excluding carboxylic acids is 3. The first-order chi connectivity index (χ1) is 13.7. The Morgan fingerprint density at radius 1 is 1.07 bits per heavy atom. The number of amides is 3. The molecule has 0 saturated carbocycles. The van der Waals surface area contributed by atoms with E-state index in [1.807, 2.05) is 24.3 Å². The van der Waals surface area contributed by atoms with E-state index in [0.717, 1.165) is 31.4 Å². The molecule has 0 unspecified atom stereocenters. The second-order valence-corrected chi connectivity index (χ2v) is 7.69. The molecule has 2 heterocycles. The van der Waals surface area contributed by atoms with Gasteiger partial charge >= 0.3 is 18.2 Å². The Morgan fingerprint density at radius 2 is 1.83 bits per heavy atom. The molecule has 7 nitrogen and oxygen atoms in total. The SMILES string of the molecule is O=C(COC(=O)c1ccc(-c2nc3ccccc3s2)s1)NC(=O)NCC(F)(F)F. The normalized spacial score (nSPS) is 11.3. The molecule has 0 aliphatic heterocycles. The monoisotopic (exact) mass is 443 g/mol. The maximum absolute atomic E-state index is 12.1. The molecular weight excluding hydrogens is 431 g/mol. The fourth-order valence-corrected chi connectivity index (χ4v) is 4.05. The topological polar surface area (TPSA) is 97.4 Å². The molecule has 0 aliphatic carbocycles. The summed E-state index contributed by atoms with van der Waals surface area (Å²) in [6.07, 6.45) is -4.60. The number of nitrogens with zero attached hydrogens (tertiary/aromatic N) is 1. The van der Waals surface area contributed by atoms with Crippen LogP contribution in [0, 0.1) is 0 Å². The Bertz CT molecular complexity index is 1030. The lowest BCUT2D eigenvalue weighted by atomic mass is 10.3. The van der Waals surface area contributed by atoms with Crippen molar-refractivity contribution in [1.82, 2.24) is 15.6 Å². The summed E-state index contributed by atoms with van der Waals surface area (Å²) in [7, 11) is 0. The van der Waals surface area contributed by atoms with E-state index in [4.69, 9.17) is 4.74 Å². The van der Waals surface area contributed by atoms with Crippen molar-refractivity contribution < 1.29 is 32.3 Å². The van der Waals surface area contributed by atoms with Crippen molar-refractivity contribution in [3.05, 3.63) is 41.3 Å². The second-order valence-electron chi connectivity index (χ2n) is 5.57. The number of alkyl halides is 3. The van der Waals surface area contributed by atoms with Gasteiger partial charge in [0.1, 0.15) is 16.4 Å². The lowest BCUT2D eigenvalue weighted by Crippen LogP contribution is -2.44. The largest absolute Gasteiger partial charge is 0.451 e. The summed E-state index contributed by atoms with van der Waals surface area (Å²) in [6.45, 7) is -2.40. The number of hydrogen-bond donors (Lipinski definition) is 2. The Kier molecular flexibility index (Phi) is 6.13. The first-order valence-electron chi connectivity index (χ1n) is 7.98. The fourth-order valence-electron chi connectivity index (χ4n) is 2.13. The molecule has 0 spiro atoms. The zero-order chi connectivity index (χ0) is 21.0. The lowest BCUT2D eigenvalue weighted by molar-refractivity contribution is -0.125. The highest BCUT2D eigenvalue weighted by molar-refractivity contribution is 7.26. The third-order valence-corrected chi connectivity index (χ3v) is 5.62. The third kappa shape index (κ3) is 5.74. The maximum Gasteiger partial charge on any atom is 0.405 e. The number of imide groups is 1. The molecule has 3 amide bonds. The van der Waals surface area contributed by atoms with E-state index in [2.05, 4.69) is 4.98 Å². The van der Waals surface area contributed by atoms with Crippen molar-refractivity contribution in [1.29, 1.82) is 0 Å². The Balaban J connectivity index is 1.52. The molecule has 0 radical (unpaired) electrons. The lowest BCUT2D eigenvalue weighted by Gasteiger charge is -2.09. The van der Waals surface area contributed by atoms with Crippen LogP contribution in [-0.4, -0.2) is 42.2 Å². The molecule has 29 heavy (non-hydrogen) atoms. The van der Waals surface area contributed by atoms with E-state index in [-0.39, 0.29) is 4.88 Å². The molecule has 152 valence electrons. The minimum Gasteiger partial charge on any atom is -0.451 e. The van der Waals surface area contributed by atoms with Gasteiger partial charge < -0.3 is 10.1 Å². The molecule has 0 fully saturated rings. The number of nitrogens with one attached hydrogen (secondary N) is 2. The van der Waals surface area contributed by atoms with E-state index in [1.54, 1.807) is 11.4 Å². The van der Waals surface area contributed by atoms with Gasteiger partial charge in [0, 0.05) is 0 Å². The van der Waals surface area contributed by atoms with Crippen LogP contribution in [0.2, 0.25) is 0 Å². The molecule has 3 aromatic rings. The number of esters is 1. The molecule has 1 aromatic carbocycles. The highest BCUT2D eigenvalue weighted by Gasteiger charge is 2.28. The molecular formula is C17H12F3N3O4S2. The molecule has 3 rings (SSSR count). The fraction of sp³-hybridized carbons (Fsp3) is 0.176. The number of para-hydroxylation sites is 1. The van der Waals surface area contributed by atoms with Crippen molar-refractivity contribution in [2.24, 2.45) is 0 Å². The number of hydrogen-bond acceptors (Lipinski definition) is 7. The maximum atomic E-state index is 12.1. The van der Waals surface area contributed by atoms with E-state index >= 15 is 0 Å². The van der Waals surface area contributed by atoms with Gasteiger partial charge in [-0.2, -0.15) is 13.2 Å². The summed E-state index contributed by atoms with van der Waals surface area (Å²) >= 11 is 2.59. The van der Waals surface area contributed by atoms with Gasteiger partial charge in [0.15, 0.2) is 6.61 Å². The number of benzene rings is 1. The zero-order valence-corrected chi connectivity index (χ0v) is 16.0. The number of thiophene rings is 1. The van der Waals surface area contributed by atoms with Crippen LogP contribution >= 0.6 is 22.7 Å². The van der Waals surface area contributed by atoms with Crippen LogP contribution in [0.15, 0.2) is 36.4 Å². The van der Waals surface area contributed by atoms with Crippen molar-refractivity contribution in [3.8, 4) is 9.88 Å². The summed E-state index contributed by atoms with van der Waals surface area (Å²) in [4.78, 5) is 40.2. The van der Waals surface area contributed by atoms with Crippen LogP contribution < -0.4 is 10.6 Å². The average molecular weight is 443 g/mol. The van der Waals surface area contributed by atoms with Gasteiger partial charge in [0.2, 0.25) is 0 Å². The highest BCUT2D eigenvalue weighted by Crippen LogP contribution is 2.34. The molecule has 0 saturated heterocycles. The van der Waals surface area contributed by atoms with Crippen LogP contribution in [0.1, 0.15) is 9.67 Å². The van der Waals surface area contributed by atoms with Gasteiger partial charge in [-0.3, -0.25) is 10.1 Å². The third-order valence-electron chi connectivity index (χ3n) is 3.35. The predicted octanol–water partition coefficient (Wildman–Crippen LogP) is 3.57. The molecule has 2 N–H and O–H groups in total. The summed E-state index contributed by atoms with van der Waals surface area (Å²) in [5, 5.41) is 3.83. The molecule has 12 heteroatoms. The summed E-state index contributed by atoms with van der Waals surface area (Å²) in [5.41, 5.74) is 0.838. The minimum absolute atomic E-state index is 0.216. The van der Waals surface area contributed by atoms with Crippen molar-refractivity contribution >= 4 is 50.8 Å². The minimum atomic E-state index is -4.60. The standard InChI is InChI=1S/C17H12F3N3O4S2/c18-17(19,20)8-21-16(26)23-13(24)7-27-15(25)12-6-5-11(28-12)14-22-9-3-1-2-4-10(9)29-14/h1-6H,7-8H2,(H2,21,23,24,26). The van der Waals surface area contributed by atoms with Crippen LogP contribution in [0.5, 0.6) is 0 Å². The van der Waals surface area contributed by atoms with Crippen molar-refractivity contribution in [2.45, 2.75) is 6.18 Å². The number of urea groups is 1. The van der Waals surface area contributed by atoms with Gasteiger partial charge in [0.25, 0.3) is 5.91 Å². The number of fused-ring (bicyclic) bond motifs is 1. The predicted molar refractivity (Wildman–Crippen MR) is 101 cm³/mol. The number of aromatic nitrogens is 1. The first-order valence-corrected chi connectivity index (χ1v) is 9.62. The van der Waals surface area contributed by atoms with Crippen LogP contribution in [0.3, 0.4) is 0 Å². The smallest absolute Gasteiger partial charge is 0.405 e.